The molecular weight excluding hydrogens is 449 g/mol. The summed E-state index contributed by atoms with van der Waals surface area (Å²) in [4.78, 5) is 4.14. The molecule has 0 aliphatic carbocycles. The molecule has 0 saturated carbocycles. The predicted molar refractivity (Wildman–Crippen MR) is 109 cm³/mol. The minimum absolute atomic E-state index is 0. The Morgan fingerprint density at radius 2 is 1.91 bits per heavy atom. The molecule has 0 bridgehead atoms. The molecule has 0 aliphatic rings. The van der Waals surface area contributed by atoms with Crippen molar-refractivity contribution in [2.45, 2.75) is 25.8 Å². The molecule has 1 atom stereocenters. The van der Waals surface area contributed by atoms with Gasteiger partial charge in [-0.1, -0.05) is 23.7 Å². The van der Waals surface area contributed by atoms with Gasteiger partial charge < -0.3 is 10.6 Å². The van der Waals surface area contributed by atoms with Gasteiger partial charge >= 0.3 is 0 Å². The molecule has 1 unspecified atom stereocenters. The SMILES string of the molecule is CN=C(NCCc1ccc(Cl)cc1)NC(C)CCS(C)(=O)=O.I. The van der Waals surface area contributed by atoms with Crippen LogP contribution < -0.4 is 10.6 Å². The van der Waals surface area contributed by atoms with Crippen LogP contribution in [0, 0.1) is 0 Å². The van der Waals surface area contributed by atoms with Crippen molar-refractivity contribution >= 4 is 51.4 Å². The molecule has 1 aromatic carbocycles. The number of halogens is 2. The second-order valence-electron chi connectivity index (χ2n) is 5.34. The number of nitrogens with zero attached hydrogens (tertiary/aromatic N) is 1. The molecule has 0 spiro atoms. The van der Waals surface area contributed by atoms with E-state index in [1.165, 1.54) is 11.8 Å². The van der Waals surface area contributed by atoms with Crippen LogP contribution in [0.15, 0.2) is 29.3 Å². The third-order valence-electron chi connectivity index (χ3n) is 3.15. The lowest BCUT2D eigenvalue weighted by Crippen LogP contribution is -2.43. The maximum Gasteiger partial charge on any atom is 0.191 e. The molecule has 0 radical (unpaired) electrons. The van der Waals surface area contributed by atoms with Crippen LogP contribution >= 0.6 is 35.6 Å². The van der Waals surface area contributed by atoms with E-state index >= 15 is 0 Å². The minimum Gasteiger partial charge on any atom is -0.356 e. The zero-order chi connectivity index (χ0) is 16.6. The molecule has 132 valence electrons. The molecule has 0 aliphatic heterocycles. The number of hydrogen-bond donors (Lipinski definition) is 2. The Balaban J connectivity index is 0.00000484. The first-order valence-electron chi connectivity index (χ1n) is 7.19. The van der Waals surface area contributed by atoms with Gasteiger partial charge in [-0.15, -0.1) is 24.0 Å². The van der Waals surface area contributed by atoms with Crippen molar-refractivity contribution in [3.8, 4) is 0 Å². The van der Waals surface area contributed by atoms with Crippen LogP contribution in [0.25, 0.3) is 0 Å². The minimum atomic E-state index is -2.93. The smallest absolute Gasteiger partial charge is 0.191 e. The van der Waals surface area contributed by atoms with Gasteiger partial charge in [0, 0.05) is 30.9 Å². The van der Waals surface area contributed by atoms with E-state index in [0.29, 0.717) is 12.4 Å². The van der Waals surface area contributed by atoms with Gasteiger partial charge in [-0.25, -0.2) is 8.42 Å². The molecule has 8 heteroatoms. The first-order chi connectivity index (χ1) is 10.3. The largest absolute Gasteiger partial charge is 0.356 e. The maximum absolute atomic E-state index is 11.2. The second kappa shape index (κ2) is 11.1. The average Bonchev–Trinajstić information content (AvgIpc) is 2.45. The van der Waals surface area contributed by atoms with E-state index in [9.17, 15) is 8.42 Å². The van der Waals surface area contributed by atoms with Crippen LogP contribution in [0.5, 0.6) is 0 Å². The van der Waals surface area contributed by atoms with Crippen LogP contribution in [0.4, 0.5) is 0 Å². The topological polar surface area (TPSA) is 70.6 Å². The van der Waals surface area contributed by atoms with Gasteiger partial charge in [0.1, 0.15) is 9.84 Å². The molecule has 0 heterocycles. The van der Waals surface area contributed by atoms with Crippen LogP contribution in [0.2, 0.25) is 5.02 Å². The molecule has 2 N–H and O–H groups in total. The van der Waals surface area contributed by atoms with Gasteiger partial charge in [-0.05, 0) is 37.5 Å². The normalized spacial score (nSPS) is 13.1. The van der Waals surface area contributed by atoms with E-state index in [0.717, 1.165) is 18.0 Å². The van der Waals surface area contributed by atoms with E-state index < -0.39 is 9.84 Å². The van der Waals surface area contributed by atoms with E-state index in [2.05, 4.69) is 15.6 Å². The number of hydrogen-bond acceptors (Lipinski definition) is 3. The summed E-state index contributed by atoms with van der Waals surface area (Å²) < 4.78 is 22.3. The van der Waals surface area contributed by atoms with Crippen molar-refractivity contribution in [1.29, 1.82) is 0 Å². The fourth-order valence-electron chi connectivity index (χ4n) is 1.87. The lowest BCUT2D eigenvalue weighted by Gasteiger charge is -2.17. The Kier molecular flexibility index (Phi) is 10.8. The van der Waals surface area contributed by atoms with Gasteiger partial charge in [-0.3, -0.25) is 4.99 Å². The van der Waals surface area contributed by atoms with Gasteiger partial charge in [-0.2, -0.15) is 0 Å². The molecule has 5 nitrogen and oxygen atoms in total. The number of sulfone groups is 1. The average molecular weight is 474 g/mol. The number of nitrogens with one attached hydrogen (secondary N) is 2. The molecule has 0 amide bonds. The summed E-state index contributed by atoms with van der Waals surface area (Å²) in [5.41, 5.74) is 1.19. The number of benzene rings is 1. The summed E-state index contributed by atoms with van der Waals surface area (Å²) in [6.07, 6.45) is 2.66. The highest BCUT2D eigenvalue weighted by molar-refractivity contribution is 14.0. The maximum atomic E-state index is 11.2. The first kappa shape index (κ1) is 22.5. The number of rotatable bonds is 7. The monoisotopic (exact) mass is 473 g/mol. The molecule has 1 rings (SSSR count). The zero-order valence-corrected chi connectivity index (χ0v) is 17.6. The van der Waals surface area contributed by atoms with Crippen LogP contribution in [-0.4, -0.2) is 46.0 Å². The zero-order valence-electron chi connectivity index (χ0n) is 13.7. The molecule has 0 fully saturated rings. The molecular formula is C15H25ClIN3O2S. The molecule has 1 aromatic rings. The third kappa shape index (κ3) is 10.8. The van der Waals surface area contributed by atoms with Crippen molar-refractivity contribution in [3.63, 3.8) is 0 Å². The summed E-state index contributed by atoms with van der Waals surface area (Å²) in [5.74, 6) is 0.845. The number of aliphatic imine (C=N–C) groups is 1. The van der Waals surface area contributed by atoms with Crippen molar-refractivity contribution in [1.82, 2.24) is 10.6 Å². The Morgan fingerprint density at radius 3 is 2.43 bits per heavy atom. The van der Waals surface area contributed by atoms with Gasteiger partial charge in [0.05, 0.1) is 5.75 Å². The Labute approximate surface area is 161 Å². The van der Waals surface area contributed by atoms with E-state index in [1.807, 2.05) is 31.2 Å². The summed E-state index contributed by atoms with van der Waals surface area (Å²) in [5, 5.41) is 7.14. The van der Waals surface area contributed by atoms with Crippen molar-refractivity contribution < 1.29 is 8.42 Å². The lowest BCUT2D eigenvalue weighted by atomic mass is 10.1. The van der Waals surface area contributed by atoms with E-state index in [1.54, 1.807) is 7.05 Å². The van der Waals surface area contributed by atoms with Gasteiger partial charge in [0.15, 0.2) is 5.96 Å². The first-order valence-corrected chi connectivity index (χ1v) is 9.63. The van der Waals surface area contributed by atoms with Crippen LogP contribution in [0.3, 0.4) is 0 Å². The highest BCUT2D eigenvalue weighted by atomic mass is 127. The molecule has 0 aromatic heterocycles. The number of guanidine groups is 1. The van der Waals surface area contributed by atoms with Gasteiger partial charge in [0.2, 0.25) is 0 Å². The van der Waals surface area contributed by atoms with Crippen molar-refractivity contribution in [2.24, 2.45) is 4.99 Å². The lowest BCUT2D eigenvalue weighted by molar-refractivity contribution is 0.581. The second-order valence-corrected chi connectivity index (χ2v) is 8.04. The predicted octanol–water partition coefficient (Wildman–Crippen LogP) is 2.49. The standard InChI is InChI=1S/C15H24ClN3O2S.HI/c1-12(9-11-22(3,20)21)19-15(17-2)18-10-8-13-4-6-14(16)7-5-13;/h4-7,12H,8-11H2,1-3H3,(H2,17,18,19);1H. The quantitative estimate of drug-likeness (QED) is 0.363. The molecule has 0 saturated heterocycles. The highest BCUT2D eigenvalue weighted by Crippen LogP contribution is 2.09. The van der Waals surface area contributed by atoms with Crippen molar-refractivity contribution in [2.75, 3.05) is 25.6 Å². The summed E-state index contributed by atoms with van der Waals surface area (Å²) in [7, 11) is -1.23. The fraction of sp³-hybridized carbons (Fsp3) is 0.533. The summed E-state index contributed by atoms with van der Waals surface area (Å²) in [6, 6.07) is 7.77. The molecule has 23 heavy (non-hydrogen) atoms. The summed E-state index contributed by atoms with van der Waals surface area (Å²) >= 11 is 5.85. The Bertz CT molecular complexity index is 591. The van der Waals surface area contributed by atoms with Crippen LogP contribution in [0.1, 0.15) is 18.9 Å². The van der Waals surface area contributed by atoms with Crippen molar-refractivity contribution in [3.05, 3.63) is 34.9 Å². The third-order valence-corrected chi connectivity index (χ3v) is 4.38. The Morgan fingerprint density at radius 1 is 1.30 bits per heavy atom. The fourth-order valence-corrected chi connectivity index (χ4v) is 2.78. The highest BCUT2D eigenvalue weighted by Gasteiger charge is 2.09. The van der Waals surface area contributed by atoms with E-state index in [4.69, 9.17) is 11.6 Å². The van der Waals surface area contributed by atoms with E-state index in [-0.39, 0.29) is 35.8 Å². The Hall–Kier alpha value is -0.540. The van der Waals surface area contributed by atoms with Crippen LogP contribution in [-0.2, 0) is 16.3 Å². The summed E-state index contributed by atoms with van der Waals surface area (Å²) in [6.45, 7) is 2.68. The van der Waals surface area contributed by atoms with Gasteiger partial charge in [0.25, 0.3) is 0 Å².